The van der Waals surface area contributed by atoms with Crippen molar-refractivity contribution in [2.45, 2.75) is 25.7 Å². The quantitative estimate of drug-likeness (QED) is 0.482. The van der Waals surface area contributed by atoms with E-state index in [1.165, 1.54) is 10.9 Å². The summed E-state index contributed by atoms with van der Waals surface area (Å²) in [4.78, 5) is 24.3. The van der Waals surface area contributed by atoms with Gasteiger partial charge in [0.15, 0.2) is 0 Å². The SMILES string of the molecule is Cn1cc(-c2cc(C(=O)N3CCCC(Cc4cccc5cccnc45)CC3)ccn2)cn1. The Balaban J connectivity index is 1.28. The van der Waals surface area contributed by atoms with Crippen LogP contribution < -0.4 is 0 Å². The Bertz CT molecular complexity index is 1240. The van der Waals surface area contributed by atoms with E-state index >= 15 is 0 Å². The van der Waals surface area contributed by atoms with Gasteiger partial charge in [-0.15, -0.1) is 0 Å². The summed E-state index contributed by atoms with van der Waals surface area (Å²) in [5.74, 6) is 0.647. The molecule has 4 heterocycles. The molecule has 6 heteroatoms. The van der Waals surface area contributed by atoms with Crippen molar-refractivity contribution in [3.05, 3.63) is 78.4 Å². The van der Waals surface area contributed by atoms with Crippen molar-refractivity contribution in [2.75, 3.05) is 13.1 Å². The van der Waals surface area contributed by atoms with Gasteiger partial charge in [0, 0.05) is 55.2 Å². The van der Waals surface area contributed by atoms with E-state index in [4.69, 9.17) is 0 Å². The van der Waals surface area contributed by atoms with Gasteiger partial charge in [-0.1, -0.05) is 24.3 Å². The molecule has 1 aliphatic heterocycles. The van der Waals surface area contributed by atoms with Crippen LogP contribution in [-0.2, 0) is 13.5 Å². The second-order valence-corrected chi connectivity index (χ2v) is 8.62. The fraction of sp³-hybridized carbons (Fsp3) is 0.308. The minimum Gasteiger partial charge on any atom is -0.339 e. The van der Waals surface area contributed by atoms with Crippen LogP contribution in [0.25, 0.3) is 22.2 Å². The molecule has 1 saturated heterocycles. The zero-order chi connectivity index (χ0) is 21.9. The monoisotopic (exact) mass is 425 g/mol. The molecule has 3 aromatic heterocycles. The molecule has 0 N–H and O–H groups in total. The van der Waals surface area contributed by atoms with E-state index < -0.39 is 0 Å². The predicted octanol–water partition coefficient (Wildman–Crippen LogP) is 4.52. The minimum atomic E-state index is 0.0880. The van der Waals surface area contributed by atoms with E-state index in [0.29, 0.717) is 11.5 Å². The molecule has 1 atom stereocenters. The Morgan fingerprint density at radius 2 is 1.97 bits per heavy atom. The first-order valence-corrected chi connectivity index (χ1v) is 11.2. The summed E-state index contributed by atoms with van der Waals surface area (Å²) in [6.45, 7) is 1.58. The number of hydrogen-bond donors (Lipinski definition) is 0. The maximum atomic E-state index is 13.2. The minimum absolute atomic E-state index is 0.0880. The molecule has 0 saturated carbocycles. The van der Waals surface area contributed by atoms with Gasteiger partial charge in [-0.25, -0.2) is 0 Å². The fourth-order valence-electron chi connectivity index (χ4n) is 4.67. The zero-order valence-corrected chi connectivity index (χ0v) is 18.3. The van der Waals surface area contributed by atoms with E-state index in [0.717, 1.165) is 55.5 Å². The molecule has 162 valence electrons. The van der Waals surface area contributed by atoms with Crippen LogP contribution in [0.4, 0.5) is 0 Å². The van der Waals surface area contributed by atoms with Crippen LogP contribution in [0.3, 0.4) is 0 Å². The molecule has 0 bridgehead atoms. The topological polar surface area (TPSA) is 63.9 Å². The van der Waals surface area contributed by atoms with Gasteiger partial charge in [-0.2, -0.15) is 5.10 Å². The first-order chi connectivity index (χ1) is 15.7. The number of amides is 1. The molecule has 5 rings (SSSR count). The molecule has 4 aromatic rings. The van der Waals surface area contributed by atoms with Gasteiger partial charge in [0.05, 0.1) is 17.4 Å². The lowest BCUT2D eigenvalue weighted by atomic mass is 9.91. The van der Waals surface area contributed by atoms with E-state index in [1.807, 2.05) is 42.5 Å². The summed E-state index contributed by atoms with van der Waals surface area (Å²) >= 11 is 0. The highest BCUT2D eigenvalue weighted by molar-refractivity contribution is 5.95. The lowest BCUT2D eigenvalue weighted by Crippen LogP contribution is -2.32. The van der Waals surface area contributed by atoms with Crippen LogP contribution in [0.1, 0.15) is 35.2 Å². The number of carbonyl (C=O) groups is 1. The molecule has 0 aliphatic carbocycles. The smallest absolute Gasteiger partial charge is 0.253 e. The third-order valence-corrected chi connectivity index (χ3v) is 6.37. The molecule has 0 spiro atoms. The Labute approximate surface area is 187 Å². The number of fused-ring (bicyclic) bond motifs is 1. The van der Waals surface area contributed by atoms with E-state index in [-0.39, 0.29) is 5.91 Å². The number of hydrogen-bond acceptors (Lipinski definition) is 4. The lowest BCUT2D eigenvalue weighted by molar-refractivity contribution is 0.0760. The number of para-hydroxylation sites is 1. The molecule has 1 aliphatic rings. The van der Waals surface area contributed by atoms with Gasteiger partial charge in [0.2, 0.25) is 0 Å². The van der Waals surface area contributed by atoms with Crippen LogP contribution in [0.15, 0.2) is 67.3 Å². The summed E-state index contributed by atoms with van der Waals surface area (Å²) in [6.07, 6.45) is 11.4. The second-order valence-electron chi connectivity index (χ2n) is 8.62. The van der Waals surface area contributed by atoms with Gasteiger partial charge in [0.1, 0.15) is 0 Å². The molecule has 1 fully saturated rings. The van der Waals surface area contributed by atoms with Crippen LogP contribution in [0.2, 0.25) is 0 Å². The van der Waals surface area contributed by atoms with Crippen molar-refractivity contribution in [3.63, 3.8) is 0 Å². The third kappa shape index (κ3) is 4.26. The molecule has 32 heavy (non-hydrogen) atoms. The normalized spacial score (nSPS) is 16.8. The Kier molecular flexibility index (Phi) is 5.67. The van der Waals surface area contributed by atoms with Crippen LogP contribution >= 0.6 is 0 Å². The maximum Gasteiger partial charge on any atom is 0.253 e. The zero-order valence-electron chi connectivity index (χ0n) is 18.3. The number of carbonyl (C=O) groups excluding carboxylic acids is 1. The summed E-state index contributed by atoms with van der Waals surface area (Å²) in [6, 6.07) is 14.2. The van der Waals surface area contributed by atoms with Crippen molar-refractivity contribution in [2.24, 2.45) is 13.0 Å². The first-order valence-electron chi connectivity index (χ1n) is 11.2. The Morgan fingerprint density at radius 3 is 2.84 bits per heavy atom. The van der Waals surface area contributed by atoms with Crippen LogP contribution in [0, 0.1) is 5.92 Å². The number of aromatic nitrogens is 4. The highest BCUT2D eigenvalue weighted by Gasteiger charge is 2.23. The molecule has 6 nitrogen and oxygen atoms in total. The highest BCUT2D eigenvalue weighted by Crippen LogP contribution is 2.26. The van der Waals surface area contributed by atoms with E-state index in [1.54, 1.807) is 17.1 Å². The van der Waals surface area contributed by atoms with Gasteiger partial charge >= 0.3 is 0 Å². The van der Waals surface area contributed by atoms with Crippen molar-refractivity contribution in [1.29, 1.82) is 0 Å². The fourth-order valence-corrected chi connectivity index (χ4v) is 4.67. The molecular weight excluding hydrogens is 398 g/mol. The van der Waals surface area contributed by atoms with Crippen molar-refractivity contribution in [3.8, 4) is 11.3 Å². The number of aryl methyl sites for hydroxylation is 1. The molecular formula is C26H27N5O. The van der Waals surface area contributed by atoms with E-state index in [2.05, 4.69) is 39.3 Å². The van der Waals surface area contributed by atoms with Crippen LogP contribution in [-0.4, -0.2) is 43.6 Å². The van der Waals surface area contributed by atoms with Crippen molar-refractivity contribution < 1.29 is 4.79 Å². The summed E-state index contributed by atoms with van der Waals surface area (Å²) in [5.41, 5.74) is 4.80. The summed E-state index contributed by atoms with van der Waals surface area (Å²) in [7, 11) is 1.88. The maximum absolute atomic E-state index is 13.2. The Hall–Kier alpha value is -3.54. The van der Waals surface area contributed by atoms with Crippen molar-refractivity contribution in [1.82, 2.24) is 24.6 Å². The number of rotatable bonds is 4. The summed E-state index contributed by atoms with van der Waals surface area (Å²) in [5, 5.41) is 5.40. The van der Waals surface area contributed by atoms with Gasteiger partial charge in [-0.05, 0) is 55.4 Å². The van der Waals surface area contributed by atoms with E-state index in [9.17, 15) is 4.79 Å². The standard InChI is InChI=1S/C26H27N5O/c1-30-18-23(17-29-30)24-16-22(9-12-27-24)26(32)31-13-4-5-19(10-14-31)15-21-7-2-6-20-8-3-11-28-25(20)21/h2-3,6-9,11-12,16-19H,4-5,10,13-15H2,1H3. The van der Waals surface area contributed by atoms with Gasteiger partial charge in [-0.3, -0.25) is 19.4 Å². The number of likely N-dealkylation sites (tertiary alicyclic amines) is 1. The lowest BCUT2D eigenvalue weighted by Gasteiger charge is -2.21. The number of benzene rings is 1. The third-order valence-electron chi connectivity index (χ3n) is 6.37. The molecule has 1 aromatic carbocycles. The second kappa shape index (κ2) is 8.91. The first kappa shape index (κ1) is 20.4. The van der Waals surface area contributed by atoms with Crippen molar-refractivity contribution >= 4 is 16.8 Å². The number of nitrogens with zero attached hydrogens (tertiary/aromatic N) is 5. The number of pyridine rings is 2. The van der Waals surface area contributed by atoms with Gasteiger partial charge in [0.25, 0.3) is 5.91 Å². The molecule has 1 unspecified atom stereocenters. The van der Waals surface area contributed by atoms with Crippen LogP contribution in [0.5, 0.6) is 0 Å². The average Bonchev–Trinajstić information content (AvgIpc) is 3.13. The Morgan fingerprint density at radius 1 is 1.06 bits per heavy atom. The summed E-state index contributed by atoms with van der Waals surface area (Å²) < 4.78 is 1.74. The molecule has 1 amide bonds. The van der Waals surface area contributed by atoms with Gasteiger partial charge < -0.3 is 4.90 Å². The molecule has 0 radical (unpaired) electrons. The largest absolute Gasteiger partial charge is 0.339 e. The predicted molar refractivity (Wildman–Crippen MR) is 125 cm³/mol. The average molecular weight is 426 g/mol. The highest BCUT2D eigenvalue weighted by atomic mass is 16.2.